The van der Waals surface area contributed by atoms with Crippen molar-refractivity contribution in [2.75, 3.05) is 25.1 Å². The highest BCUT2D eigenvalue weighted by molar-refractivity contribution is 5.44. The van der Waals surface area contributed by atoms with Gasteiger partial charge in [0.2, 0.25) is 0 Å². The number of nitrogens with zero attached hydrogens (tertiary/aromatic N) is 4. The molecule has 1 aliphatic rings. The molecular formula is C15H22N6O2. The summed E-state index contributed by atoms with van der Waals surface area (Å²) in [5, 5.41) is 10.4. The van der Waals surface area contributed by atoms with Gasteiger partial charge >= 0.3 is 0 Å². The molecule has 0 amide bonds. The van der Waals surface area contributed by atoms with E-state index >= 15 is 0 Å². The topological polar surface area (TPSA) is 97.8 Å². The molecular weight excluding hydrogens is 296 g/mol. The maximum absolute atomic E-state index is 5.80. The largest absolute Gasteiger partial charge is 0.475 e. The molecule has 3 heterocycles. The number of hydrogen-bond acceptors (Lipinski definition) is 7. The van der Waals surface area contributed by atoms with Gasteiger partial charge in [0.25, 0.3) is 5.88 Å². The Bertz CT molecular complexity index is 632. The zero-order chi connectivity index (χ0) is 16.1. The van der Waals surface area contributed by atoms with Gasteiger partial charge in [-0.3, -0.25) is 5.10 Å². The van der Waals surface area contributed by atoms with Gasteiger partial charge in [-0.25, -0.2) is 15.0 Å². The van der Waals surface area contributed by atoms with Crippen LogP contribution in [0.15, 0.2) is 12.4 Å². The number of hydrogen-bond donors (Lipinski definition) is 2. The monoisotopic (exact) mass is 318 g/mol. The van der Waals surface area contributed by atoms with E-state index in [9.17, 15) is 0 Å². The van der Waals surface area contributed by atoms with Gasteiger partial charge in [0, 0.05) is 31.5 Å². The Morgan fingerprint density at radius 3 is 3.04 bits per heavy atom. The Balaban J connectivity index is 1.63. The molecule has 2 aromatic rings. The van der Waals surface area contributed by atoms with Gasteiger partial charge in [0.1, 0.15) is 11.9 Å². The van der Waals surface area contributed by atoms with Crippen LogP contribution in [0.2, 0.25) is 0 Å². The first kappa shape index (κ1) is 15.7. The highest BCUT2D eigenvalue weighted by Gasteiger charge is 2.32. The predicted octanol–water partition coefficient (Wildman–Crippen LogP) is 1.88. The summed E-state index contributed by atoms with van der Waals surface area (Å²) in [6.45, 7) is 5.99. The lowest BCUT2D eigenvalue weighted by atomic mass is 10.0. The molecule has 2 aromatic heterocycles. The first-order valence-corrected chi connectivity index (χ1v) is 7.96. The first-order valence-electron chi connectivity index (χ1n) is 7.96. The third-order valence-corrected chi connectivity index (χ3v) is 3.72. The van der Waals surface area contributed by atoms with Crippen molar-refractivity contribution in [1.82, 2.24) is 25.1 Å². The summed E-state index contributed by atoms with van der Waals surface area (Å²) in [5.74, 6) is 3.00. The third-order valence-electron chi connectivity index (χ3n) is 3.72. The summed E-state index contributed by atoms with van der Waals surface area (Å²) in [7, 11) is 0. The van der Waals surface area contributed by atoms with E-state index in [0.717, 1.165) is 18.7 Å². The van der Waals surface area contributed by atoms with Gasteiger partial charge in [-0.15, -0.1) is 0 Å². The van der Waals surface area contributed by atoms with Crippen LogP contribution in [-0.4, -0.2) is 44.9 Å². The number of nitrogens with one attached hydrogen (secondary N) is 2. The molecule has 2 atom stereocenters. The second kappa shape index (κ2) is 7.36. The van der Waals surface area contributed by atoms with Crippen molar-refractivity contribution < 1.29 is 9.47 Å². The molecule has 0 aromatic carbocycles. The third kappa shape index (κ3) is 3.76. The quantitative estimate of drug-likeness (QED) is 0.804. The summed E-state index contributed by atoms with van der Waals surface area (Å²) in [4.78, 5) is 12.9. The van der Waals surface area contributed by atoms with Crippen LogP contribution < -0.4 is 10.1 Å². The van der Waals surface area contributed by atoms with Crippen molar-refractivity contribution in [3.63, 3.8) is 0 Å². The molecule has 8 heteroatoms. The predicted molar refractivity (Wildman–Crippen MR) is 84.2 cm³/mol. The lowest BCUT2D eigenvalue weighted by Crippen LogP contribution is -2.20. The minimum Gasteiger partial charge on any atom is -0.475 e. The van der Waals surface area contributed by atoms with Gasteiger partial charge < -0.3 is 14.8 Å². The average molecular weight is 318 g/mol. The van der Waals surface area contributed by atoms with Crippen LogP contribution in [-0.2, 0) is 4.74 Å². The van der Waals surface area contributed by atoms with Gasteiger partial charge in [-0.2, -0.15) is 5.10 Å². The molecule has 23 heavy (non-hydrogen) atoms. The molecule has 0 unspecified atom stereocenters. The van der Waals surface area contributed by atoms with Gasteiger partial charge in [-0.05, 0) is 19.8 Å². The lowest BCUT2D eigenvalue weighted by molar-refractivity contribution is 0.0863. The molecule has 124 valence electrons. The smallest absolute Gasteiger partial charge is 0.257 e. The second-order valence-corrected chi connectivity index (χ2v) is 5.56. The molecule has 0 bridgehead atoms. The Morgan fingerprint density at radius 1 is 1.39 bits per heavy atom. The Hall–Kier alpha value is -2.22. The van der Waals surface area contributed by atoms with E-state index in [2.05, 4.69) is 37.4 Å². The fourth-order valence-electron chi connectivity index (χ4n) is 2.59. The summed E-state index contributed by atoms with van der Waals surface area (Å²) < 4.78 is 11.4. The molecule has 8 nitrogen and oxygen atoms in total. The van der Waals surface area contributed by atoms with E-state index in [4.69, 9.17) is 9.47 Å². The summed E-state index contributed by atoms with van der Waals surface area (Å²) in [6, 6.07) is 0. The number of aryl methyl sites for hydroxylation is 1. The van der Waals surface area contributed by atoms with E-state index in [1.54, 1.807) is 12.4 Å². The van der Waals surface area contributed by atoms with E-state index in [1.807, 2.05) is 6.92 Å². The van der Waals surface area contributed by atoms with E-state index in [1.165, 1.54) is 0 Å². The molecule has 0 spiro atoms. The molecule has 3 rings (SSSR count). The van der Waals surface area contributed by atoms with Crippen LogP contribution in [0.1, 0.15) is 37.5 Å². The Labute approximate surface area is 135 Å². The summed E-state index contributed by atoms with van der Waals surface area (Å²) in [6.07, 6.45) is 5.08. The average Bonchev–Trinajstić information content (AvgIpc) is 3.20. The maximum Gasteiger partial charge on any atom is 0.257 e. The van der Waals surface area contributed by atoms with E-state index in [-0.39, 0.29) is 12.0 Å². The van der Waals surface area contributed by atoms with Crippen molar-refractivity contribution in [1.29, 1.82) is 0 Å². The van der Waals surface area contributed by atoms with Gasteiger partial charge in [-0.1, -0.05) is 6.92 Å². The van der Waals surface area contributed by atoms with Crippen LogP contribution in [0.3, 0.4) is 0 Å². The summed E-state index contributed by atoms with van der Waals surface area (Å²) in [5.41, 5.74) is 0. The molecule has 0 aliphatic carbocycles. The normalized spacial score (nSPS) is 20.6. The Morgan fingerprint density at radius 2 is 2.26 bits per heavy atom. The molecule has 2 N–H and O–H groups in total. The SMILES string of the molecule is CCCOc1nccnc1NC[C@@H]1CCO[C@@H]1c1n[nH]c(C)n1. The first-order chi connectivity index (χ1) is 11.3. The highest BCUT2D eigenvalue weighted by Crippen LogP contribution is 2.33. The van der Waals surface area contributed by atoms with E-state index < -0.39 is 0 Å². The van der Waals surface area contributed by atoms with Crippen LogP contribution in [0.4, 0.5) is 5.82 Å². The van der Waals surface area contributed by atoms with Crippen molar-refractivity contribution in [2.45, 2.75) is 32.8 Å². The zero-order valence-corrected chi connectivity index (χ0v) is 13.5. The number of aromatic nitrogens is 5. The van der Waals surface area contributed by atoms with Gasteiger partial charge in [0.05, 0.1) is 6.61 Å². The fraction of sp³-hybridized carbons (Fsp3) is 0.600. The standard InChI is InChI=1S/C15H22N6O2/c1-3-7-23-15-14(16-5-6-17-15)18-9-11-4-8-22-12(11)13-19-10(2)20-21-13/h5-6,11-12H,3-4,7-9H2,1-2H3,(H,16,18)(H,19,20,21)/t11-,12-/m0/s1. The number of anilines is 1. The van der Waals surface area contributed by atoms with Crippen LogP contribution in [0.25, 0.3) is 0 Å². The highest BCUT2D eigenvalue weighted by atomic mass is 16.5. The number of aromatic amines is 1. The number of H-pyrrole nitrogens is 1. The molecule has 1 aliphatic heterocycles. The number of ether oxygens (including phenoxy) is 2. The molecule has 1 fully saturated rings. The van der Waals surface area contributed by atoms with Crippen LogP contribution in [0, 0.1) is 12.8 Å². The zero-order valence-electron chi connectivity index (χ0n) is 13.5. The molecule has 0 saturated carbocycles. The fourth-order valence-corrected chi connectivity index (χ4v) is 2.59. The maximum atomic E-state index is 5.80. The second-order valence-electron chi connectivity index (χ2n) is 5.56. The van der Waals surface area contributed by atoms with Crippen molar-refractivity contribution in [2.24, 2.45) is 5.92 Å². The van der Waals surface area contributed by atoms with Crippen molar-refractivity contribution in [3.05, 3.63) is 24.0 Å². The minimum atomic E-state index is -0.0934. The Kier molecular flexibility index (Phi) is 5.02. The molecule has 0 radical (unpaired) electrons. The van der Waals surface area contributed by atoms with Crippen LogP contribution in [0.5, 0.6) is 5.88 Å². The van der Waals surface area contributed by atoms with Crippen molar-refractivity contribution in [3.8, 4) is 5.88 Å². The van der Waals surface area contributed by atoms with Crippen LogP contribution >= 0.6 is 0 Å². The van der Waals surface area contributed by atoms with E-state index in [0.29, 0.717) is 37.3 Å². The number of rotatable bonds is 7. The summed E-state index contributed by atoms with van der Waals surface area (Å²) >= 11 is 0. The van der Waals surface area contributed by atoms with Gasteiger partial charge in [0.15, 0.2) is 11.6 Å². The van der Waals surface area contributed by atoms with Crippen molar-refractivity contribution >= 4 is 5.82 Å². The minimum absolute atomic E-state index is 0.0934. The molecule has 1 saturated heterocycles. The lowest BCUT2D eigenvalue weighted by Gasteiger charge is -2.17.